The number of halogens is 2. The van der Waals surface area contributed by atoms with Gasteiger partial charge in [0.2, 0.25) is 9.47 Å². The van der Waals surface area contributed by atoms with E-state index >= 15 is 0 Å². The molecule has 0 saturated carbocycles. The summed E-state index contributed by atoms with van der Waals surface area (Å²) in [5.74, 6) is 0. The Bertz CT molecular complexity index is 259. The first-order valence-electron chi connectivity index (χ1n) is 3.31. The Morgan fingerprint density at radius 1 is 1.08 bits per heavy atom. The molecule has 0 aromatic carbocycles. The fourth-order valence-electron chi connectivity index (χ4n) is 0.572. The Morgan fingerprint density at radius 3 is 2.00 bits per heavy atom. The van der Waals surface area contributed by atoms with Crippen molar-refractivity contribution >= 4 is 31.9 Å². The number of hydrogen-bond acceptors (Lipinski definition) is 4. The van der Waals surface area contributed by atoms with Gasteiger partial charge in [0.25, 0.3) is 0 Å². The summed E-state index contributed by atoms with van der Waals surface area (Å²) in [5.41, 5.74) is 0. The SMILES string of the molecule is CC(C)Oc1nc(Br)nc(Br)n1. The molecule has 0 radical (unpaired) electrons. The average Bonchev–Trinajstić information content (AvgIpc) is 1.81. The van der Waals surface area contributed by atoms with Gasteiger partial charge in [0.15, 0.2) is 0 Å². The highest BCUT2D eigenvalue weighted by molar-refractivity contribution is 9.11. The van der Waals surface area contributed by atoms with Gasteiger partial charge in [-0.1, -0.05) is 0 Å². The minimum Gasteiger partial charge on any atom is -0.461 e. The number of hydrogen-bond donors (Lipinski definition) is 0. The van der Waals surface area contributed by atoms with Crippen LogP contribution in [0, 0.1) is 0 Å². The Labute approximate surface area is 87.0 Å². The lowest BCUT2D eigenvalue weighted by Crippen LogP contribution is -2.09. The summed E-state index contributed by atoms with van der Waals surface area (Å²) >= 11 is 6.26. The van der Waals surface area contributed by atoms with Crippen LogP contribution >= 0.6 is 31.9 Å². The molecular formula is C6H7Br2N3O. The van der Waals surface area contributed by atoms with E-state index in [0.29, 0.717) is 15.5 Å². The smallest absolute Gasteiger partial charge is 0.321 e. The Kier molecular flexibility index (Phi) is 3.39. The molecule has 0 aliphatic heterocycles. The van der Waals surface area contributed by atoms with Crippen molar-refractivity contribution < 1.29 is 4.74 Å². The fourth-order valence-corrected chi connectivity index (χ4v) is 1.45. The van der Waals surface area contributed by atoms with Gasteiger partial charge in [-0.2, -0.15) is 15.0 Å². The van der Waals surface area contributed by atoms with Crippen molar-refractivity contribution in [3.8, 4) is 6.01 Å². The molecule has 0 amide bonds. The van der Waals surface area contributed by atoms with Gasteiger partial charge in [0, 0.05) is 0 Å². The second-order valence-electron chi connectivity index (χ2n) is 2.32. The number of ether oxygens (including phenoxy) is 1. The molecule has 6 heteroatoms. The van der Waals surface area contributed by atoms with Crippen LogP contribution in [-0.2, 0) is 0 Å². The van der Waals surface area contributed by atoms with Crippen molar-refractivity contribution in [1.29, 1.82) is 0 Å². The molecule has 66 valence electrons. The molecule has 0 fully saturated rings. The summed E-state index contributed by atoms with van der Waals surface area (Å²) in [4.78, 5) is 11.7. The quantitative estimate of drug-likeness (QED) is 0.839. The maximum Gasteiger partial charge on any atom is 0.321 e. The topological polar surface area (TPSA) is 47.9 Å². The Morgan fingerprint density at radius 2 is 1.58 bits per heavy atom. The van der Waals surface area contributed by atoms with E-state index in [4.69, 9.17) is 4.74 Å². The van der Waals surface area contributed by atoms with Crippen molar-refractivity contribution in [1.82, 2.24) is 15.0 Å². The van der Waals surface area contributed by atoms with E-state index in [1.807, 2.05) is 13.8 Å². The minimum atomic E-state index is 0.0613. The maximum atomic E-state index is 5.25. The summed E-state index contributed by atoms with van der Waals surface area (Å²) in [6.07, 6.45) is 0.0613. The molecule has 0 aliphatic carbocycles. The van der Waals surface area contributed by atoms with Gasteiger partial charge >= 0.3 is 6.01 Å². The third-order valence-electron chi connectivity index (χ3n) is 0.901. The summed E-state index contributed by atoms with van der Waals surface area (Å²) in [7, 11) is 0. The van der Waals surface area contributed by atoms with Crippen LogP contribution in [0.3, 0.4) is 0 Å². The summed E-state index contributed by atoms with van der Waals surface area (Å²) in [6.45, 7) is 3.82. The Balaban J connectivity index is 2.85. The minimum absolute atomic E-state index is 0.0613. The van der Waals surface area contributed by atoms with Crippen LogP contribution < -0.4 is 4.74 Å². The molecule has 0 aliphatic rings. The van der Waals surface area contributed by atoms with Gasteiger partial charge in [-0.05, 0) is 45.7 Å². The lowest BCUT2D eigenvalue weighted by atomic mass is 10.5. The lowest BCUT2D eigenvalue weighted by Gasteiger charge is -2.06. The van der Waals surface area contributed by atoms with Crippen LogP contribution in [0.1, 0.15) is 13.8 Å². The first kappa shape index (κ1) is 9.85. The van der Waals surface area contributed by atoms with E-state index in [9.17, 15) is 0 Å². The highest BCUT2D eigenvalue weighted by Crippen LogP contribution is 2.13. The van der Waals surface area contributed by atoms with Gasteiger partial charge in [0.05, 0.1) is 6.10 Å². The van der Waals surface area contributed by atoms with Crippen molar-refractivity contribution in [2.75, 3.05) is 0 Å². The molecule has 0 N–H and O–H groups in total. The van der Waals surface area contributed by atoms with Crippen LogP contribution in [0.15, 0.2) is 9.47 Å². The molecule has 0 unspecified atom stereocenters. The first-order chi connectivity index (χ1) is 5.58. The molecule has 12 heavy (non-hydrogen) atoms. The van der Waals surface area contributed by atoms with Gasteiger partial charge in [-0.3, -0.25) is 0 Å². The monoisotopic (exact) mass is 295 g/mol. The Hall–Kier alpha value is -0.230. The first-order valence-corrected chi connectivity index (χ1v) is 4.90. The third kappa shape index (κ3) is 3.02. The van der Waals surface area contributed by atoms with E-state index in [2.05, 4.69) is 46.8 Å². The number of aromatic nitrogens is 3. The molecule has 1 aromatic heterocycles. The van der Waals surface area contributed by atoms with Crippen molar-refractivity contribution in [2.45, 2.75) is 20.0 Å². The zero-order chi connectivity index (χ0) is 9.14. The zero-order valence-electron chi connectivity index (χ0n) is 6.58. The van der Waals surface area contributed by atoms with Crippen LogP contribution in [-0.4, -0.2) is 21.1 Å². The van der Waals surface area contributed by atoms with Gasteiger partial charge < -0.3 is 4.74 Å². The predicted octanol–water partition coefficient (Wildman–Crippen LogP) is 2.18. The second-order valence-corrected chi connectivity index (χ2v) is 3.74. The summed E-state index contributed by atoms with van der Waals surface area (Å²) in [6, 6.07) is 0.318. The van der Waals surface area contributed by atoms with Gasteiger partial charge in [0.1, 0.15) is 0 Å². The van der Waals surface area contributed by atoms with E-state index in [1.165, 1.54) is 0 Å². The van der Waals surface area contributed by atoms with Crippen LogP contribution in [0.25, 0.3) is 0 Å². The van der Waals surface area contributed by atoms with E-state index in [0.717, 1.165) is 0 Å². The van der Waals surface area contributed by atoms with E-state index in [-0.39, 0.29) is 6.10 Å². The average molecular weight is 297 g/mol. The summed E-state index contributed by atoms with van der Waals surface area (Å²) < 4.78 is 6.17. The molecule has 4 nitrogen and oxygen atoms in total. The molecule has 1 aromatic rings. The van der Waals surface area contributed by atoms with Crippen molar-refractivity contribution in [2.24, 2.45) is 0 Å². The summed E-state index contributed by atoms with van der Waals surface area (Å²) in [5, 5.41) is 0. The fraction of sp³-hybridized carbons (Fsp3) is 0.500. The molecule has 0 atom stereocenters. The zero-order valence-corrected chi connectivity index (χ0v) is 9.76. The third-order valence-corrected chi connectivity index (χ3v) is 1.61. The molecule has 0 saturated heterocycles. The normalized spacial score (nSPS) is 10.4. The lowest BCUT2D eigenvalue weighted by molar-refractivity contribution is 0.220. The highest BCUT2D eigenvalue weighted by atomic mass is 79.9. The maximum absolute atomic E-state index is 5.25. The van der Waals surface area contributed by atoms with Crippen LogP contribution in [0.5, 0.6) is 6.01 Å². The predicted molar refractivity (Wildman–Crippen MR) is 51.0 cm³/mol. The standard InChI is InChI=1S/C6H7Br2N3O/c1-3(2)12-6-10-4(7)9-5(8)11-6/h3H,1-2H3. The molecule has 1 heterocycles. The van der Waals surface area contributed by atoms with Crippen molar-refractivity contribution in [3.63, 3.8) is 0 Å². The van der Waals surface area contributed by atoms with Gasteiger partial charge in [-0.15, -0.1) is 0 Å². The molecule has 1 rings (SSSR count). The largest absolute Gasteiger partial charge is 0.461 e. The van der Waals surface area contributed by atoms with Crippen LogP contribution in [0.2, 0.25) is 0 Å². The highest BCUT2D eigenvalue weighted by Gasteiger charge is 2.04. The van der Waals surface area contributed by atoms with Crippen molar-refractivity contribution in [3.05, 3.63) is 9.47 Å². The van der Waals surface area contributed by atoms with Crippen LogP contribution in [0.4, 0.5) is 0 Å². The van der Waals surface area contributed by atoms with Gasteiger partial charge in [-0.25, -0.2) is 0 Å². The second kappa shape index (κ2) is 4.13. The molecule has 0 spiro atoms. The number of rotatable bonds is 2. The number of nitrogens with zero attached hydrogens (tertiary/aromatic N) is 3. The molecular weight excluding hydrogens is 290 g/mol. The van der Waals surface area contributed by atoms with E-state index in [1.54, 1.807) is 0 Å². The van der Waals surface area contributed by atoms with E-state index < -0.39 is 0 Å². The molecule has 0 bridgehead atoms.